The zero-order valence-corrected chi connectivity index (χ0v) is 19.8. The lowest BCUT2D eigenvalue weighted by Crippen LogP contribution is -2.20. The average molecular weight is 478 g/mol. The normalized spacial score (nSPS) is 15.1. The largest absolute Gasteiger partial charge is 0.493 e. The molecule has 2 amide bonds. The summed E-state index contributed by atoms with van der Waals surface area (Å²) in [5.41, 5.74) is 1.91. The Labute approximate surface area is 203 Å². The van der Waals surface area contributed by atoms with Gasteiger partial charge in [-0.1, -0.05) is 43.7 Å². The standard InChI is InChI=1S/C27H27NO5S/c1-2-7-20-18-23(33-22-8-4-3-5-9-22)14-15-24(20)32-17-6-16-31-21-12-10-19(11-13-21)25-26(29)28-27(30)34-25/h3-5,8-15,18,25H,2,6-7,16-17H2,1H3,(H,28,29,30). The van der Waals surface area contributed by atoms with Crippen molar-refractivity contribution in [2.75, 3.05) is 13.2 Å². The van der Waals surface area contributed by atoms with Crippen molar-refractivity contribution in [3.05, 3.63) is 83.9 Å². The highest BCUT2D eigenvalue weighted by atomic mass is 32.2. The number of aryl methyl sites for hydroxylation is 1. The number of rotatable bonds is 11. The summed E-state index contributed by atoms with van der Waals surface area (Å²) in [6.45, 7) is 3.19. The summed E-state index contributed by atoms with van der Waals surface area (Å²) in [5.74, 6) is 2.91. The van der Waals surface area contributed by atoms with E-state index in [0.29, 0.717) is 19.0 Å². The molecule has 0 aromatic heterocycles. The summed E-state index contributed by atoms with van der Waals surface area (Å²) < 4.78 is 17.8. The molecule has 1 N–H and O–H groups in total. The molecule has 3 aromatic carbocycles. The van der Waals surface area contributed by atoms with Crippen LogP contribution in [0.2, 0.25) is 0 Å². The van der Waals surface area contributed by atoms with E-state index in [-0.39, 0.29) is 11.1 Å². The van der Waals surface area contributed by atoms with Crippen molar-refractivity contribution in [1.82, 2.24) is 5.32 Å². The van der Waals surface area contributed by atoms with Gasteiger partial charge in [-0.25, -0.2) is 0 Å². The van der Waals surface area contributed by atoms with E-state index in [0.717, 1.165) is 59.4 Å². The molecule has 6 nitrogen and oxygen atoms in total. The second-order valence-electron chi connectivity index (χ2n) is 7.83. The van der Waals surface area contributed by atoms with Crippen LogP contribution < -0.4 is 19.5 Å². The number of imide groups is 1. The van der Waals surface area contributed by atoms with Crippen LogP contribution >= 0.6 is 11.8 Å². The molecular weight excluding hydrogens is 450 g/mol. The van der Waals surface area contributed by atoms with Gasteiger partial charge in [-0.15, -0.1) is 0 Å². The zero-order chi connectivity index (χ0) is 23.8. The topological polar surface area (TPSA) is 73.9 Å². The molecule has 0 bridgehead atoms. The van der Waals surface area contributed by atoms with Crippen molar-refractivity contribution < 1.29 is 23.8 Å². The van der Waals surface area contributed by atoms with Gasteiger partial charge in [-0.2, -0.15) is 0 Å². The third kappa shape index (κ3) is 6.32. The van der Waals surface area contributed by atoms with Gasteiger partial charge >= 0.3 is 0 Å². The summed E-state index contributed by atoms with van der Waals surface area (Å²) in [7, 11) is 0. The summed E-state index contributed by atoms with van der Waals surface area (Å²) >= 11 is 0.996. The number of thioether (sulfide) groups is 1. The van der Waals surface area contributed by atoms with Gasteiger partial charge in [0.25, 0.3) is 5.24 Å². The number of benzene rings is 3. The van der Waals surface area contributed by atoms with Crippen LogP contribution in [0.1, 0.15) is 36.1 Å². The Morgan fingerprint density at radius 1 is 0.853 bits per heavy atom. The highest BCUT2D eigenvalue weighted by Gasteiger charge is 2.32. The van der Waals surface area contributed by atoms with Crippen LogP contribution in [0.25, 0.3) is 0 Å². The molecule has 0 radical (unpaired) electrons. The second-order valence-corrected chi connectivity index (χ2v) is 8.91. The molecule has 1 aliphatic heterocycles. The smallest absolute Gasteiger partial charge is 0.286 e. The highest BCUT2D eigenvalue weighted by Crippen LogP contribution is 2.34. The number of hydrogen-bond acceptors (Lipinski definition) is 6. The number of ether oxygens (including phenoxy) is 3. The third-order valence-electron chi connectivity index (χ3n) is 5.22. The van der Waals surface area contributed by atoms with Crippen LogP contribution in [0.4, 0.5) is 4.79 Å². The fraction of sp³-hybridized carbons (Fsp3) is 0.259. The maximum absolute atomic E-state index is 11.8. The number of nitrogens with one attached hydrogen (secondary N) is 1. The number of carbonyl (C=O) groups is 2. The van der Waals surface area contributed by atoms with Crippen LogP contribution in [0, 0.1) is 0 Å². The van der Waals surface area contributed by atoms with Crippen molar-refractivity contribution in [2.45, 2.75) is 31.4 Å². The van der Waals surface area contributed by atoms with Gasteiger partial charge < -0.3 is 14.2 Å². The molecule has 1 aliphatic rings. The summed E-state index contributed by atoms with van der Waals surface area (Å²) in [5, 5.41) is 1.50. The first-order chi connectivity index (χ1) is 16.6. The van der Waals surface area contributed by atoms with Crippen molar-refractivity contribution >= 4 is 22.9 Å². The van der Waals surface area contributed by atoms with Crippen molar-refractivity contribution in [1.29, 1.82) is 0 Å². The fourth-order valence-corrected chi connectivity index (χ4v) is 4.43. The Kier molecular flexibility index (Phi) is 8.09. The molecule has 1 heterocycles. The van der Waals surface area contributed by atoms with Crippen molar-refractivity contribution in [3.8, 4) is 23.0 Å². The summed E-state index contributed by atoms with van der Waals surface area (Å²) in [6.07, 6.45) is 2.65. The molecule has 1 atom stereocenters. The molecule has 1 saturated heterocycles. The van der Waals surface area contributed by atoms with Crippen LogP contribution in [0.5, 0.6) is 23.0 Å². The molecule has 34 heavy (non-hydrogen) atoms. The molecule has 0 aliphatic carbocycles. The minimum absolute atomic E-state index is 0.275. The monoisotopic (exact) mass is 477 g/mol. The van der Waals surface area contributed by atoms with E-state index in [9.17, 15) is 9.59 Å². The Bertz CT molecular complexity index is 1120. The summed E-state index contributed by atoms with van der Waals surface area (Å²) in [6, 6.07) is 22.9. The summed E-state index contributed by atoms with van der Waals surface area (Å²) in [4.78, 5) is 23.1. The van der Waals surface area contributed by atoms with Gasteiger partial charge in [-0.05, 0) is 71.8 Å². The molecule has 4 rings (SSSR count). The molecule has 0 spiro atoms. The van der Waals surface area contributed by atoms with Crippen LogP contribution in [0.3, 0.4) is 0 Å². The minimum Gasteiger partial charge on any atom is -0.493 e. The lowest BCUT2D eigenvalue weighted by Gasteiger charge is -2.14. The van der Waals surface area contributed by atoms with Crippen LogP contribution in [0.15, 0.2) is 72.8 Å². The van der Waals surface area contributed by atoms with Gasteiger partial charge in [0.1, 0.15) is 28.2 Å². The van der Waals surface area contributed by atoms with E-state index in [1.807, 2.05) is 72.8 Å². The fourth-order valence-electron chi connectivity index (χ4n) is 3.59. The molecule has 0 saturated carbocycles. The number of hydrogen-bond donors (Lipinski definition) is 1. The molecule has 3 aromatic rings. The van der Waals surface area contributed by atoms with Crippen molar-refractivity contribution in [3.63, 3.8) is 0 Å². The van der Waals surface area contributed by atoms with E-state index < -0.39 is 5.25 Å². The lowest BCUT2D eigenvalue weighted by atomic mass is 10.1. The van der Waals surface area contributed by atoms with E-state index >= 15 is 0 Å². The van der Waals surface area contributed by atoms with Gasteiger partial charge in [-0.3, -0.25) is 14.9 Å². The predicted molar refractivity (Wildman–Crippen MR) is 133 cm³/mol. The first kappa shape index (κ1) is 23.7. The molecule has 176 valence electrons. The molecule has 1 unspecified atom stereocenters. The second kappa shape index (κ2) is 11.6. The highest BCUT2D eigenvalue weighted by molar-refractivity contribution is 8.15. The van der Waals surface area contributed by atoms with E-state index in [4.69, 9.17) is 14.2 Å². The van der Waals surface area contributed by atoms with Crippen molar-refractivity contribution in [2.24, 2.45) is 0 Å². The lowest BCUT2D eigenvalue weighted by molar-refractivity contribution is -0.119. The third-order valence-corrected chi connectivity index (χ3v) is 6.25. The SMILES string of the molecule is CCCc1cc(Oc2ccccc2)ccc1OCCCOc1ccc(C2SC(=O)NC2=O)cc1. The number of amides is 2. The average Bonchev–Trinajstić information content (AvgIpc) is 3.19. The Morgan fingerprint density at radius 2 is 1.59 bits per heavy atom. The Balaban J connectivity index is 1.24. The number of carbonyl (C=O) groups excluding carboxylic acids is 2. The van der Waals surface area contributed by atoms with Gasteiger partial charge in [0.05, 0.1) is 13.2 Å². The zero-order valence-electron chi connectivity index (χ0n) is 19.0. The van der Waals surface area contributed by atoms with Gasteiger partial charge in [0.2, 0.25) is 5.91 Å². The van der Waals surface area contributed by atoms with E-state index in [2.05, 4.69) is 12.2 Å². The maximum atomic E-state index is 11.8. The molecule has 7 heteroatoms. The van der Waals surface area contributed by atoms with Crippen LogP contribution in [-0.2, 0) is 11.2 Å². The predicted octanol–water partition coefficient (Wildman–Crippen LogP) is 6.30. The Hall–Kier alpha value is -3.45. The first-order valence-corrected chi connectivity index (χ1v) is 12.2. The Morgan fingerprint density at radius 3 is 2.29 bits per heavy atom. The van der Waals surface area contributed by atoms with E-state index in [1.165, 1.54) is 0 Å². The number of para-hydroxylation sites is 1. The van der Waals surface area contributed by atoms with Gasteiger partial charge in [0.15, 0.2) is 0 Å². The van der Waals surface area contributed by atoms with Gasteiger partial charge in [0, 0.05) is 6.42 Å². The minimum atomic E-state index is -0.489. The molecular formula is C27H27NO5S. The van der Waals surface area contributed by atoms with E-state index in [1.54, 1.807) is 0 Å². The van der Waals surface area contributed by atoms with Crippen LogP contribution in [-0.4, -0.2) is 24.4 Å². The first-order valence-electron chi connectivity index (χ1n) is 11.4. The quantitative estimate of drug-likeness (QED) is 0.327. The maximum Gasteiger partial charge on any atom is 0.286 e. The molecule has 1 fully saturated rings.